The number of hydrogen-bond acceptors (Lipinski definition) is 4. The summed E-state index contributed by atoms with van der Waals surface area (Å²) in [5.74, 6) is 0.756. The van der Waals surface area contributed by atoms with Crippen molar-refractivity contribution in [2.75, 3.05) is 27.7 Å². The number of carbonyl (C=O) groups excluding carboxylic acids is 1. The Morgan fingerprint density at radius 3 is 2.72 bits per heavy atom. The first kappa shape index (κ1) is 17.4. The molecule has 0 saturated carbocycles. The number of amides is 1. The van der Waals surface area contributed by atoms with Crippen LogP contribution in [-0.4, -0.2) is 48.4 Å². The molecule has 0 spiro atoms. The maximum absolute atomic E-state index is 12.7. The first-order valence-corrected chi connectivity index (χ1v) is 8.63. The van der Waals surface area contributed by atoms with Gasteiger partial charge in [-0.25, -0.2) is 0 Å². The van der Waals surface area contributed by atoms with Crippen molar-refractivity contribution in [3.05, 3.63) is 59.4 Å². The molecule has 5 heteroatoms. The van der Waals surface area contributed by atoms with Gasteiger partial charge in [0.1, 0.15) is 11.4 Å². The van der Waals surface area contributed by atoms with Crippen LogP contribution in [0.1, 0.15) is 40.5 Å². The Morgan fingerprint density at radius 1 is 1.32 bits per heavy atom. The van der Waals surface area contributed by atoms with E-state index in [1.54, 1.807) is 18.2 Å². The average molecular weight is 339 g/mol. The fourth-order valence-electron chi connectivity index (χ4n) is 3.37. The number of carbonyl (C=O) groups is 1. The first-order valence-electron chi connectivity index (χ1n) is 8.63. The van der Waals surface area contributed by atoms with Gasteiger partial charge in [-0.2, -0.15) is 0 Å². The fourth-order valence-corrected chi connectivity index (χ4v) is 3.37. The molecule has 1 aliphatic heterocycles. The Morgan fingerprint density at radius 2 is 2.08 bits per heavy atom. The lowest BCUT2D eigenvalue weighted by Gasteiger charge is -2.21. The molecule has 5 nitrogen and oxygen atoms in total. The highest BCUT2D eigenvalue weighted by molar-refractivity contribution is 5.92. The highest BCUT2D eigenvalue weighted by Crippen LogP contribution is 2.30. The molecule has 1 aromatic heterocycles. The summed E-state index contributed by atoms with van der Waals surface area (Å²) in [7, 11) is 5.59. The number of methoxy groups -OCH3 is 1. The number of aromatic nitrogens is 1. The first-order chi connectivity index (χ1) is 12.1. The van der Waals surface area contributed by atoms with Crippen molar-refractivity contribution in [2.45, 2.75) is 25.4 Å². The molecular weight excluding hydrogens is 314 g/mol. The molecule has 0 aliphatic carbocycles. The summed E-state index contributed by atoms with van der Waals surface area (Å²) in [6, 6.07) is 12.1. The molecule has 3 rings (SSSR count). The van der Waals surface area contributed by atoms with Gasteiger partial charge in [-0.3, -0.25) is 14.7 Å². The minimum Gasteiger partial charge on any atom is -0.497 e. The second-order valence-corrected chi connectivity index (χ2v) is 6.62. The van der Waals surface area contributed by atoms with Crippen LogP contribution in [0.15, 0.2) is 42.6 Å². The number of likely N-dealkylation sites (tertiary alicyclic amines) is 1. The summed E-state index contributed by atoms with van der Waals surface area (Å²) in [5, 5.41) is 0. The molecule has 1 aromatic carbocycles. The van der Waals surface area contributed by atoms with Crippen molar-refractivity contribution < 1.29 is 9.53 Å². The van der Waals surface area contributed by atoms with Crippen LogP contribution in [0.5, 0.6) is 5.75 Å². The maximum atomic E-state index is 12.7. The van der Waals surface area contributed by atoms with Gasteiger partial charge in [0.15, 0.2) is 0 Å². The number of ether oxygens (including phenoxy) is 1. The highest BCUT2D eigenvalue weighted by Gasteiger charge is 2.24. The van der Waals surface area contributed by atoms with E-state index in [-0.39, 0.29) is 5.91 Å². The van der Waals surface area contributed by atoms with Crippen molar-refractivity contribution in [3.63, 3.8) is 0 Å². The van der Waals surface area contributed by atoms with Crippen LogP contribution < -0.4 is 4.74 Å². The van der Waals surface area contributed by atoms with Crippen LogP contribution in [0.25, 0.3) is 0 Å². The van der Waals surface area contributed by atoms with Gasteiger partial charge in [0, 0.05) is 25.8 Å². The van der Waals surface area contributed by atoms with Crippen LogP contribution in [-0.2, 0) is 6.54 Å². The molecule has 1 fully saturated rings. The van der Waals surface area contributed by atoms with Crippen molar-refractivity contribution in [1.82, 2.24) is 14.8 Å². The Balaban J connectivity index is 1.71. The van der Waals surface area contributed by atoms with Crippen LogP contribution in [0.2, 0.25) is 0 Å². The van der Waals surface area contributed by atoms with E-state index in [0.717, 1.165) is 24.3 Å². The summed E-state index contributed by atoms with van der Waals surface area (Å²) in [6.45, 7) is 1.64. The third-order valence-electron chi connectivity index (χ3n) is 4.83. The molecule has 25 heavy (non-hydrogen) atoms. The zero-order valence-corrected chi connectivity index (χ0v) is 15.1. The van der Waals surface area contributed by atoms with Crippen LogP contribution in [0.3, 0.4) is 0 Å². The Labute approximate surface area is 149 Å². The minimum atomic E-state index is -0.0571. The van der Waals surface area contributed by atoms with Crippen molar-refractivity contribution >= 4 is 5.91 Å². The molecule has 0 bridgehead atoms. The molecule has 132 valence electrons. The van der Waals surface area contributed by atoms with E-state index in [2.05, 4.69) is 16.9 Å². The van der Waals surface area contributed by atoms with Gasteiger partial charge >= 0.3 is 0 Å². The maximum Gasteiger partial charge on any atom is 0.272 e. The molecular formula is C20H25N3O2. The minimum absolute atomic E-state index is 0.0571. The summed E-state index contributed by atoms with van der Waals surface area (Å²) >= 11 is 0. The van der Waals surface area contributed by atoms with Gasteiger partial charge in [0.2, 0.25) is 0 Å². The monoisotopic (exact) mass is 339 g/mol. The van der Waals surface area contributed by atoms with E-state index in [0.29, 0.717) is 18.3 Å². The van der Waals surface area contributed by atoms with Gasteiger partial charge in [-0.15, -0.1) is 0 Å². The van der Waals surface area contributed by atoms with E-state index in [9.17, 15) is 4.79 Å². The van der Waals surface area contributed by atoms with Crippen molar-refractivity contribution in [2.24, 2.45) is 0 Å². The number of nitrogens with zero attached hydrogens (tertiary/aromatic N) is 3. The molecule has 0 unspecified atom stereocenters. The predicted octanol–water partition coefficient (Wildman–Crippen LogP) is 3.13. The average Bonchev–Trinajstić information content (AvgIpc) is 3.08. The summed E-state index contributed by atoms with van der Waals surface area (Å²) < 4.78 is 5.17. The van der Waals surface area contributed by atoms with Crippen molar-refractivity contribution in [1.29, 1.82) is 0 Å². The third kappa shape index (κ3) is 3.99. The Bertz CT molecular complexity index is 730. The SMILES string of the molecule is COc1ccc(CN(C)C(=O)c2cc([C@@H]3CCCN3C)ccn2)cc1. The van der Waals surface area contributed by atoms with Gasteiger partial charge in [0.25, 0.3) is 5.91 Å². The standard InChI is InChI=1S/C20H25N3O2/c1-22-12-4-5-19(22)16-10-11-21-18(13-16)20(24)23(2)14-15-6-8-17(25-3)9-7-15/h6-11,13,19H,4-5,12,14H2,1-3H3/t19-/m0/s1. The second-order valence-electron chi connectivity index (χ2n) is 6.62. The molecule has 1 saturated heterocycles. The number of pyridine rings is 1. The second kappa shape index (κ2) is 7.66. The quantitative estimate of drug-likeness (QED) is 0.840. The molecule has 0 radical (unpaired) electrons. The third-order valence-corrected chi connectivity index (χ3v) is 4.83. The summed E-state index contributed by atoms with van der Waals surface area (Å²) in [5.41, 5.74) is 2.74. The van der Waals surface area contributed by atoms with E-state index in [1.807, 2.05) is 43.4 Å². The van der Waals surface area contributed by atoms with Crippen LogP contribution in [0.4, 0.5) is 0 Å². The lowest BCUT2D eigenvalue weighted by molar-refractivity contribution is 0.0779. The molecule has 1 atom stereocenters. The molecule has 2 heterocycles. The Hall–Kier alpha value is -2.40. The van der Waals surface area contributed by atoms with Gasteiger partial charge in [-0.05, 0) is 61.8 Å². The van der Waals surface area contributed by atoms with E-state index >= 15 is 0 Å². The highest BCUT2D eigenvalue weighted by atomic mass is 16.5. The van der Waals surface area contributed by atoms with Gasteiger partial charge in [0.05, 0.1) is 7.11 Å². The molecule has 1 amide bonds. The number of rotatable bonds is 5. The lowest BCUT2D eigenvalue weighted by atomic mass is 10.0. The summed E-state index contributed by atoms with van der Waals surface area (Å²) in [6.07, 6.45) is 4.08. The van der Waals surface area contributed by atoms with E-state index in [4.69, 9.17) is 4.74 Å². The largest absolute Gasteiger partial charge is 0.497 e. The van der Waals surface area contributed by atoms with E-state index < -0.39 is 0 Å². The normalized spacial score (nSPS) is 17.5. The number of benzene rings is 1. The fraction of sp³-hybridized carbons (Fsp3) is 0.400. The van der Waals surface area contributed by atoms with Crippen LogP contribution in [0, 0.1) is 0 Å². The van der Waals surface area contributed by atoms with Gasteiger partial charge in [-0.1, -0.05) is 12.1 Å². The van der Waals surface area contributed by atoms with Gasteiger partial charge < -0.3 is 9.64 Å². The smallest absolute Gasteiger partial charge is 0.272 e. The molecule has 0 N–H and O–H groups in total. The van der Waals surface area contributed by atoms with Crippen molar-refractivity contribution in [3.8, 4) is 5.75 Å². The predicted molar refractivity (Wildman–Crippen MR) is 97.6 cm³/mol. The summed E-state index contributed by atoms with van der Waals surface area (Å²) in [4.78, 5) is 21.1. The molecule has 1 aliphatic rings. The topological polar surface area (TPSA) is 45.7 Å². The molecule has 2 aromatic rings. The van der Waals surface area contributed by atoms with Crippen LogP contribution >= 0.6 is 0 Å². The Kier molecular flexibility index (Phi) is 5.34. The number of hydrogen-bond donors (Lipinski definition) is 0. The lowest BCUT2D eigenvalue weighted by Crippen LogP contribution is -2.27. The zero-order chi connectivity index (χ0) is 17.8. The van der Waals surface area contributed by atoms with E-state index in [1.165, 1.54) is 12.0 Å². The zero-order valence-electron chi connectivity index (χ0n) is 15.1.